The number of hydrogen-bond acceptors (Lipinski definition) is 7. The molecule has 13 heteroatoms. The second kappa shape index (κ2) is 6.82. The van der Waals surface area contributed by atoms with Crippen molar-refractivity contribution in [2.24, 2.45) is 0 Å². The molecular formula is C18H14F3N7O3. The number of amides is 1. The van der Waals surface area contributed by atoms with Crippen molar-refractivity contribution >= 4 is 11.4 Å². The van der Waals surface area contributed by atoms with E-state index in [0.29, 0.717) is 24.4 Å². The van der Waals surface area contributed by atoms with E-state index < -0.39 is 24.1 Å². The number of nitrogens with one attached hydrogen (secondary N) is 1. The predicted molar refractivity (Wildman–Crippen MR) is 96.1 cm³/mol. The van der Waals surface area contributed by atoms with Crippen LogP contribution in [0.2, 0.25) is 0 Å². The number of pyridine rings is 1. The number of carbonyl (C=O) groups excluding carboxylic acids is 1. The van der Waals surface area contributed by atoms with E-state index in [2.05, 4.69) is 30.0 Å². The topological polar surface area (TPSA) is 114 Å². The molecular weight excluding hydrogens is 419 g/mol. The van der Waals surface area contributed by atoms with Crippen LogP contribution in [0.3, 0.4) is 0 Å². The van der Waals surface area contributed by atoms with Crippen LogP contribution in [-0.2, 0) is 6.42 Å². The normalized spacial score (nSPS) is 16.5. The Labute approximate surface area is 171 Å². The molecule has 0 bridgehead atoms. The number of rotatable bonds is 3. The Morgan fingerprint density at radius 2 is 2.19 bits per heavy atom. The molecule has 5 heterocycles. The summed E-state index contributed by atoms with van der Waals surface area (Å²) in [6, 6.07) is 3.25. The van der Waals surface area contributed by atoms with Gasteiger partial charge < -0.3 is 19.0 Å². The van der Waals surface area contributed by atoms with Gasteiger partial charge in [-0.05, 0) is 18.2 Å². The minimum atomic E-state index is -4.86. The fourth-order valence-corrected chi connectivity index (χ4v) is 3.65. The Morgan fingerprint density at radius 3 is 2.94 bits per heavy atom. The van der Waals surface area contributed by atoms with Crippen LogP contribution in [0.1, 0.15) is 39.7 Å². The van der Waals surface area contributed by atoms with Gasteiger partial charge in [-0.1, -0.05) is 0 Å². The quantitative estimate of drug-likeness (QED) is 0.528. The van der Waals surface area contributed by atoms with Crippen molar-refractivity contribution < 1.29 is 27.1 Å². The first-order valence-corrected chi connectivity index (χ1v) is 9.17. The molecule has 1 amide bonds. The van der Waals surface area contributed by atoms with Crippen molar-refractivity contribution in [2.75, 3.05) is 6.54 Å². The minimum Gasteiger partial charge on any atom is -0.417 e. The number of aromatic amines is 1. The summed E-state index contributed by atoms with van der Waals surface area (Å²) < 4.78 is 49.1. The van der Waals surface area contributed by atoms with Gasteiger partial charge in [0.25, 0.3) is 0 Å². The Balaban J connectivity index is 1.61. The smallest absolute Gasteiger partial charge is 0.417 e. The zero-order chi connectivity index (χ0) is 21.8. The highest BCUT2D eigenvalue weighted by Crippen LogP contribution is 2.36. The van der Waals surface area contributed by atoms with Crippen molar-refractivity contribution in [3.63, 3.8) is 0 Å². The Kier molecular flexibility index (Phi) is 4.20. The number of halogens is 3. The van der Waals surface area contributed by atoms with E-state index in [4.69, 9.17) is 4.42 Å². The molecule has 4 aromatic rings. The summed E-state index contributed by atoms with van der Waals surface area (Å²) in [6.07, 6.45) is -1.37. The van der Waals surface area contributed by atoms with Crippen LogP contribution >= 0.6 is 0 Å². The van der Waals surface area contributed by atoms with E-state index in [-0.39, 0.29) is 17.3 Å². The lowest BCUT2D eigenvalue weighted by Gasteiger charge is -2.32. The number of hydrogen-bond donors (Lipinski definition) is 1. The molecule has 1 N–H and O–H groups in total. The highest BCUT2D eigenvalue weighted by Gasteiger charge is 2.38. The molecule has 1 atom stereocenters. The number of imidazole rings is 1. The first-order valence-electron chi connectivity index (χ1n) is 9.17. The van der Waals surface area contributed by atoms with Gasteiger partial charge in [0.2, 0.25) is 5.89 Å². The van der Waals surface area contributed by atoms with E-state index in [9.17, 15) is 18.0 Å². The number of alkyl halides is 3. The molecule has 4 aromatic heterocycles. The molecule has 0 unspecified atom stereocenters. The highest BCUT2D eigenvalue weighted by atomic mass is 19.4. The Hall–Kier alpha value is -3.90. The molecule has 31 heavy (non-hydrogen) atoms. The van der Waals surface area contributed by atoms with Gasteiger partial charge in [0, 0.05) is 31.8 Å². The molecule has 0 spiro atoms. The minimum absolute atomic E-state index is 0.0958. The van der Waals surface area contributed by atoms with E-state index >= 15 is 0 Å². The van der Waals surface area contributed by atoms with Crippen LogP contribution in [0.4, 0.5) is 13.2 Å². The zero-order valence-corrected chi connectivity index (χ0v) is 15.9. The molecule has 5 rings (SSSR count). The number of nitrogens with zero attached hydrogens (tertiary/aromatic N) is 6. The second-order valence-corrected chi connectivity index (χ2v) is 6.86. The second-order valence-electron chi connectivity index (χ2n) is 6.86. The third-order valence-electron chi connectivity index (χ3n) is 4.88. The van der Waals surface area contributed by atoms with Crippen molar-refractivity contribution in [3.8, 4) is 5.75 Å². The fourth-order valence-electron chi connectivity index (χ4n) is 3.65. The third-order valence-corrected chi connectivity index (χ3v) is 4.88. The van der Waals surface area contributed by atoms with Crippen LogP contribution in [-0.4, -0.2) is 53.5 Å². The zero-order valence-electron chi connectivity index (χ0n) is 15.9. The molecule has 0 saturated carbocycles. The van der Waals surface area contributed by atoms with Gasteiger partial charge in [0.1, 0.15) is 11.6 Å². The van der Waals surface area contributed by atoms with Crippen LogP contribution in [0.25, 0.3) is 5.52 Å². The maximum absolute atomic E-state index is 13.1. The van der Waals surface area contributed by atoms with Gasteiger partial charge in [0.05, 0.1) is 17.7 Å². The molecule has 10 nitrogen and oxygen atoms in total. The molecule has 0 aromatic carbocycles. The summed E-state index contributed by atoms with van der Waals surface area (Å²) in [5, 5.41) is 11.9. The summed E-state index contributed by atoms with van der Waals surface area (Å²) in [5.74, 6) is -0.884. The molecule has 1 aliphatic heterocycles. The predicted octanol–water partition coefficient (Wildman–Crippen LogP) is 2.44. The maximum atomic E-state index is 13.1. The van der Waals surface area contributed by atoms with Gasteiger partial charge in [-0.3, -0.25) is 4.79 Å². The van der Waals surface area contributed by atoms with Crippen LogP contribution in [0.5, 0.6) is 5.75 Å². The van der Waals surface area contributed by atoms with Crippen molar-refractivity contribution in [2.45, 2.75) is 25.7 Å². The standard InChI is InChI=1S/C18H14F3N7O3/c1-9-24-25-16(30-9)17(29)27-6-4-10-14(23-8-22-10)15(27)11-7-12-13(31-18(19,20)21)3-2-5-28(12)26-11/h2-3,5,7-8,15H,4,6H2,1H3,(H,22,23)/t15-/m1/s1. The summed E-state index contributed by atoms with van der Waals surface area (Å²) in [6.45, 7) is 1.85. The summed E-state index contributed by atoms with van der Waals surface area (Å²) >= 11 is 0. The summed E-state index contributed by atoms with van der Waals surface area (Å²) in [4.78, 5) is 21.9. The average molecular weight is 433 g/mol. The first-order chi connectivity index (χ1) is 14.8. The number of aryl methyl sites for hydroxylation is 1. The molecule has 1 aliphatic rings. The van der Waals surface area contributed by atoms with E-state index in [0.717, 1.165) is 5.69 Å². The monoisotopic (exact) mass is 433 g/mol. The Morgan fingerprint density at radius 1 is 1.35 bits per heavy atom. The lowest BCUT2D eigenvalue weighted by molar-refractivity contribution is -0.274. The number of aromatic nitrogens is 6. The average Bonchev–Trinajstić information content (AvgIpc) is 3.44. The van der Waals surface area contributed by atoms with Crippen molar-refractivity contribution in [3.05, 3.63) is 59.6 Å². The number of ether oxygens (including phenoxy) is 1. The highest BCUT2D eigenvalue weighted by molar-refractivity contribution is 5.90. The van der Waals surface area contributed by atoms with Gasteiger partial charge in [-0.25, -0.2) is 9.50 Å². The van der Waals surface area contributed by atoms with Gasteiger partial charge >= 0.3 is 18.2 Å². The molecule has 0 radical (unpaired) electrons. The van der Waals surface area contributed by atoms with Crippen molar-refractivity contribution in [1.29, 1.82) is 0 Å². The fraction of sp³-hybridized carbons (Fsp3) is 0.278. The lowest BCUT2D eigenvalue weighted by Crippen LogP contribution is -2.41. The van der Waals surface area contributed by atoms with E-state index in [1.807, 2.05) is 0 Å². The van der Waals surface area contributed by atoms with Crippen LogP contribution < -0.4 is 4.74 Å². The molecule has 0 aliphatic carbocycles. The molecule has 160 valence electrons. The number of fused-ring (bicyclic) bond motifs is 2. The number of carbonyl (C=O) groups is 1. The van der Waals surface area contributed by atoms with Crippen LogP contribution in [0.15, 0.2) is 35.1 Å². The maximum Gasteiger partial charge on any atom is 0.573 e. The third kappa shape index (κ3) is 3.37. The molecule has 0 saturated heterocycles. The molecule has 0 fully saturated rings. The largest absolute Gasteiger partial charge is 0.573 e. The SMILES string of the molecule is Cc1nnc(C(=O)N2CCc3[nH]cnc3[C@H]2c2cc3c(OC(F)(F)F)cccn3n2)o1. The van der Waals surface area contributed by atoms with Gasteiger partial charge in [-0.15, -0.1) is 23.4 Å². The van der Waals surface area contributed by atoms with E-state index in [1.54, 1.807) is 6.92 Å². The van der Waals surface area contributed by atoms with Gasteiger partial charge in [0.15, 0.2) is 5.75 Å². The lowest BCUT2D eigenvalue weighted by atomic mass is 9.99. The van der Waals surface area contributed by atoms with Crippen molar-refractivity contribution in [1.82, 2.24) is 34.7 Å². The number of H-pyrrole nitrogens is 1. The van der Waals surface area contributed by atoms with Gasteiger partial charge in [-0.2, -0.15) is 5.10 Å². The summed E-state index contributed by atoms with van der Waals surface area (Å²) in [7, 11) is 0. The first kappa shape index (κ1) is 19.1. The van der Waals surface area contributed by atoms with Crippen LogP contribution in [0, 0.1) is 6.92 Å². The summed E-state index contributed by atoms with van der Waals surface area (Å²) in [5.41, 5.74) is 1.76. The van der Waals surface area contributed by atoms with E-state index in [1.165, 1.54) is 40.1 Å². The Bertz CT molecular complexity index is 1280.